The summed E-state index contributed by atoms with van der Waals surface area (Å²) in [6.07, 6.45) is 0.861. The molecule has 0 bridgehead atoms. The first kappa shape index (κ1) is 15.5. The number of carbonyl (C=O) groups is 1. The largest absolute Gasteiger partial charge is 0.450 e. The van der Waals surface area contributed by atoms with Gasteiger partial charge in [0.15, 0.2) is 5.76 Å². The second-order valence-electron chi connectivity index (χ2n) is 6.18. The smallest absolute Gasteiger partial charge is 0.291 e. The summed E-state index contributed by atoms with van der Waals surface area (Å²) in [6.45, 7) is 4.00. The molecule has 0 aliphatic carbocycles. The fraction of sp³-hybridized carbons (Fsp3) is 0.136. The van der Waals surface area contributed by atoms with E-state index in [1.165, 1.54) is 0 Å². The number of amides is 1. The number of rotatable bonds is 3. The van der Waals surface area contributed by atoms with Crippen LogP contribution in [-0.4, -0.2) is 5.91 Å². The van der Waals surface area contributed by atoms with Crippen molar-refractivity contribution in [2.45, 2.75) is 20.3 Å². The lowest BCUT2D eigenvalue weighted by molar-refractivity contribution is 0.0998. The van der Waals surface area contributed by atoms with Gasteiger partial charge in [0.1, 0.15) is 5.58 Å². The van der Waals surface area contributed by atoms with Crippen LogP contribution in [0.25, 0.3) is 21.7 Å². The van der Waals surface area contributed by atoms with Crippen molar-refractivity contribution in [2.24, 2.45) is 0 Å². The van der Waals surface area contributed by atoms with Crippen molar-refractivity contribution in [1.82, 2.24) is 0 Å². The second-order valence-corrected chi connectivity index (χ2v) is 6.18. The van der Waals surface area contributed by atoms with Gasteiger partial charge >= 0.3 is 0 Å². The molecule has 0 saturated carbocycles. The minimum absolute atomic E-state index is 0.210. The lowest BCUT2D eigenvalue weighted by atomic mass is 10.1. The van der Waals surface area contributed by atoms with Crippen molar-refractivity contribution in [3.05, 3.63) is 77.6 Å². The first-order valence-corrected chi connectivity index (χ1v) is 8.49. The molecule has 0 aliphatic rings. The van der Waals surface area contributed by atoms with Gasteiger partial charge in [0, 0.05) is 22.0 Å². The van der Waals surface area contributed by atoms with Gasteiger partial charge in [0.25, 0.3) is 5.91 Å². The Morgan fingerprint density at radius 2 is 1.72 bits per heavy atom. The molecule has 1 aromatic heterocycles. The number of para-hydroxylation sites is 1. The van der Waals surface area contributed by atoms with Gasteiger partial charge in [-0.25, -0.2) is 0 Å². The van der Waals surface area contributed by atoms with Crippen molar-refractivity contribution >= 4 is 33.3 Å². The Morgan fingerprint density at radius 1 is 0.960 bits per heavy atom. The van der Waals surface area contributed by atoms with Crippen LogP contribution in [0.15, 0.2) is 65.1 Å². The second kappa shape index (κ2) is 6.10. The number of fused-ring (bicyclic) bond motifs is 3. The minimum Gasteiger partial charge on any atom is -0.450 e. The number of carbonyl (C=O) groups excluding carboxylic acids is 1. The maximum absolute atomic E-state index is 12.8. The highest BCUT2D eigenvalue weighted by Crippen LogP contribution is 2.32. The van der Waals surface area contributed by atoms with Crippen LogP contribution in [0.2, 0.25) is 0 Å². The molecule has 0 aliphatic heterocycles. The topological polar surface area (TPSA) is 42.2 Å². The van der Waals surface area contributed by atoms with Crippen molar-refractivity contribution in [1.29, 1.82) is 0 Å². The molecule has 4 rings (SSSR count). The molecular formula is C22H19NO2. The Kier molecular flexibility index (Phi) is 3.77. The first-order valence-electron chi connectivity index (χ1n) is 8.49. The number of benzene rings is 3. The Bertz CT molecular complexity index is 1090. The number of hydrogen-bond donors (Lipinski definition) is 1. The van der Waals surface area contributed by atoms with E-state index in [1.807, 2.05) is 61.5 Å². The van der Waals surface area contributed by atoms with E-state index in [4.69, 9.17) is 4.42 Å². The van der Waals surface area contributed by atoms with E-state index >= 15 is 0 Å². The molecule has 1 heterocycles. The van der Waals surface area contributed by atoms with Gasteiger partial charge in [-0.3, -0.25) is 4.79 Å². The van der Waals surface area contributed by atoms with Gasteiger partial charge in [0.2, 0.25) is 0 Å². The van der Waals surface area contributed by atoms with Crippen LogP contribution >= 0.6 is 0 Å². The summed E-state index contributed by atoms with van der Waals surface area (Å²) in [5.74, 6) is 0.163. The third-order valence-electron chi connectivity index (χ3n) is 4.68. The van der Waals surface area contributed by atoms with E-state index in [0.717, 1.165) is 45.0 Å². The monoisotopic (exact) mass is 329 g/mol. The van der Waals surface area contributed by atoms with E-state index in [9.17, 15) is 4.79 Å². The van der Waals surface area contributed by atoms with Crippen LogP contribution in [0.1, 0.15) is 28.6 Å². The predicted octanol–water partition coefficient (Wildman–Crippen LogP) is 5.71. The third kappa shape index (κ3) is 2.58. The average molecular weight is 329 g/mol. The predicted molar refractivity (Wildman–Crippen MR) is 102 cm³/mol. The molecule has 4 aromatic rings. The number of hydrogen-bond acceptors (Lipinski definition) is 2. The lowest BCUT2D eigenvalue weighted by Crippen LogP contribution is -2.13. The number of furan rings is 1. The van der Waals surface area contributed by atoms with Crippen LogP contribution < -0.4 is 5.32 Å². The van der Waals surface area contributed by atoms with E-state index < -0.39 is 0 Å². The van der Waals surface area contributed by atoms with Crippen molar-refractivity contribution < 1.29 is 9.21 Å². The van der Waals surface area contributed by atoms with Crippen molar-refractivity contribution in [2.75, 3.05) is 5.32 Å². The van der Waals surface area contributed by atoms with E-state index in [1.54, 1.807) is 0 Å². The first-order chi connectivity index (χ1) is 12.2. The molecule has 3 heteroatoms. The molecule has 0 spiro atoms. The molecule has 3 nitrogen and oxygen atoms in total. The summed E-state index contributed by atoms with van der Waals surface area (Å²) in [6, 6.07) is 20.0. The number of nitrogens with one attached hydrogen (secondary N) is 1. The highest BCUT2D eigenvalue weighted by molar-refractivity contribution is 6.11. The molecule has 0 fully saturated rings. The normalized spacial score (nSPS) is 11.1. The highest BCUT2D eigenvalue weighted by atomic mass is 16.3. The van der Waals surface area contributed by atoms with Crippen molar-refractivity contribution in [3.63, 3.8) is 0 Å². The third-order valence-corrected chi connectivity index (χ3v) is 4.68. The summed E-state index contributed by atoms with van der Waals surface area (Å²) >= 11 is 0. The van der Waals surface area contributed by atoms with Gasteiger partial charge in [0.05, 0.1) is 0 Å². The zero-order valence-corrected chi connectivity index (χ0v) is 14.3. The highest BCUT2D eigenvalue weighted by Gasteiger charge is 2.19. The number of aryl methyl sites for hydroxylation is 2. The molecule has 1 N–H and O–H groups in total. The summed E-state index contributed by atoms with van der Waals surface area (Å²) in [4.78, 5) is 12.8. The molecule has 0 radical (unpaired) electrons. The summed E-state index contributed by atoms with van der Waals surface area (Å²) in [5.41, 5.74) is 3.58. The Hall–Kier alpha value is -3.07. The fourth-order valence-corrected chi connectivity index (χ4v) is 3.30. The molecule has 3 aromatic carbocycles. The van der Waals surface area contributed by atoms with E-state index in [0.29, 0.717) is 5.76 Å². The van der Waals surface area contributed by atoms with Gasteiger partial charge in [-0.1, -0.05) is 61.5 Å². The summed E-state index contributed by atoms with van der Waals surface area (Å²) < 4.78 is 6.01. The fourth-order valence-electron chi connectivity index (χ4n) is 3.30. The Labute approximate surface area is 146 Å². The minimum atomic E-state index is -0.210. The van der Waals surface area contributed by atoms with Gasteiger partial charge in [-0.15, -0.1) is 0 Å². The quantitative estimate of drug-likeness (QED) is 0.523. The molecule has 0 atom stereocenters. The van der Waals surface area contributed by atoms with Gasteiger partial charge < -0.3 is 9.73 Å². The van der Waals surface area contributed by atoms with Crippen LogP contribution in [-0.2, 0) is 6.42 Å². The molecule has 1 amide bonds. The Balaban J connectivity index is 1.80. The maximum Gasteiger partial charge on any atom is 0.291 e. The Morgan fingerprint density at radius 3 is 2.56 bits per heavy atom. The van der Waals surface area contributed by atoms with Crippen LogP contribution in [0, 0.1) is 6.92 Å². The SMILES string of the molecule is CCc1ccccc1NC(=O)c1oc2c(ccc3ccccc32)c1C. The average Bonchev–Trinajstić information content (AvgIpc) is 2.99. The van der Waals surface area contributed by atoms with Crippen LogP contribution in [0.3, 0.4) is 0 Å². The molecule has 0 unspecified atom stereocenters. The van der Waals surface area contributed by atoms with Gasteiger partial charge in [-0.05, 0) is 30.4 Å². The van der Waals surface area contributed by atoms with E-state index in [2.05, 4.69) is 18.3 Å². The van der Waals surface area contributed by atoms with Crippen LogP contribution in [0.5, 0.6) is 0 Å². The van der Waals surface area contributed by atoms with E-state index in [-0.39, 0.29) is 5.91 Å². The number of anilines is 1. The zero-order valence-electron chi connectivity index (χ0n) is 14.3. The molecule has 124 valence electrons. The summed E-state index contributed by atoms with van der Waals surface area (Å²) in [5, 5.41) is 6.10. The van der Waals surface area contributed by atoms with Gasteiger partial charge in [-0.2, -0.15) is 0 Å². The van der Waals surface area contributed by atoms with Crippen molar-refractivity contribution in [3.8, 4) is 0 Å². The molecule has 0 saturated heterocycles. The standard InChI is InChI=1S/C22H19NO2/c1-3-15-8-5-7-11-19(15)23-22(24)20-14(2)17-13-12-16-9-4-6-10-18(16)21(17)25-20/h4-13H,3H2,1-2H3,(H,23,24). The van der Waals surface area contributed by atoms with Crippen LogP contribution in [0.4, 0.5) is 5.69 Å². The molecule has 25 heavy (non-hydrogen) atoms. The zero-order chi connectivity index (χ0) is 17.4. The maximum atomic E-state index is 12.8. The molecular weight excluding hydrogens is 310 g/mol. The summed E-state index contributed by atoms with van der Waals surface area (Å²) in [7, 11) is 0. The lowest BCUT2D eigenvalue weighted by Gasteiger charge is -2.08.